The van der Waals surface area contributed by atoms with E-state index in [4.69, 9.17) is 16.3 Å². The number of nitrogens with zero attached hydrogens (tertiary/aromatic N) is 1. The van der Waals surface area contributed by atoms with Gasteiger partial charge in [0.15, 0.2) is 6.10 Å². The van der Waals surface area contributed by atoms with E-state index in [-0.39, 0.29) is 10.6 Å². The van der Waals surface area contributed by atoms with Crippen LogP contribution in [0.2, 0.25) is 5.02 Å². The topological polar surface area (TPSA) is 63.7 Å². The van der Waals surface area contributed by atoms with Gasteiger partial charge < -0.3 is 4.74 Å². The zero-order chi connectivity index (χ0) is 27.1. The van der Waals surface area contributed by atoms with Crippen molar-refractivity contribution in [3.8, 4) is 16.9 Å². The second kappa shape index (κ2) is 12.3. The number of aryl methyl sites for hydroxylation is 1. The summed E-state index contributed by atoms with van der Waals surface area (Å²) < 4.78 is 34.2. The SMILES string of the molecule is CCCCc1ccc(N(C(=O)C(C)Oc2ccc(-c3ccccc3)cc2)S(=O)(=O)c2ccc(Cl)cc2)cc1. The molecule has 4 aromatic rings. The molecule has 0 spiro atoms. The van der Waals surface area contributed by atoms with Gasteiger partial charge in [0.2, 0.25) is 0 Å². The summed E-state index contributed by atoms with van der Waals surface area (Å²) in [5.74, 6) is -0.238. The normalized spacial score (nSPS) is 12.1. The molecule has 1 atom stereocenters. The predicted molar refractivity (Wildman–Crippen MR) is 153 cm³/mol. The minimum absolute atomic E-state index is 0.0373. The summed E-state index contributed by atoms with van der Waals surface area (Å²) >= 11 is 5.98. The van der Waals surface area contributed by atoms with E-state index in [0.717, 1.165) is 40.3 Å². The Morgan fingerprint density at radius 2 is 1.45 bits per heavy atom. The summed E-state index contributed by atoms with van der Waals surface area (Å²) in [5, 5.41) is 0.401. The smallest absolute Gasteiger partial charge is 0.281 e. The van der Waals surface area contributed by atoms with Crippen LogP contribution in [0.1, 0.15) is 32.3 Å². The minimum atomic E-state index is -4.23. The third-order valence-corrected chi connectivity index (χ3v) is 8.16. The van der Waals surface area contributed by atoms with Crippen LogP contribution < -0.4 is 9.04 Å². The standard InChI is InChI=1S/C31H30ClNO4S/c1-3-4-8-24-11-17-28(18-12-24)33(38(35,36)30-21-15-27(32)16-22-30)31(34)23(2)37-29-19-13-26(14-20-29)25-9-6-5-7-10-25/h5-7,9-23H,3-4,8H2,1-2H3. The molecule has 4 rings (SSSR count). The van der Waals surface area contributed by atoms with Gasteiger partial charge in [-0.15, -0.1) is 0 Å². The summed E-state index contributed by atoms with van der Waals surface area (Å²) in [6.45, 7) is 3.66. The molecule has 0 N–H and O–H groups in total. The highest BCUT2D eigenvalue weighted by Gasteiger charge is 2.35. The highest BCUT2D eigenvalue weighted by molar-refractivity contribution is 7.93. The molecule has 1 amide bonds. The number of carbonyl (C=O) groups is 1. The van der Waals surface area contributed by atoms with E-state index in [9.17, 15) is 13.2 Å². The highest BCUT2D eigenvalue weighted by atomic mass is 35.5. The molecule has 5 nitrogen and oxygen atoms in total. The molecule has 0 saturated heterocycles. The molecule has 4 aromatic carbocycles. The summed E-state index contributed by atoms with van der Waals surface area (Å²) in [6.07, 6.45) is 1.89. The van der Waals surface area contributed by atoms with E-state index in [2.05, 4.69) is 6.92 Å². The molecule has 0 heterocycles. The van der Waals surface area contributed by atoms with Gasteiger partial charge in [-0.3, -0.25) is 4.79 Å². The van der Waals surface area contributed by atoms with Crippen molar-refractivity contribution in [3.63, 3.8) is 0 Å². The van der Waals surface area contributed by atoms with Gasteiger partial charge in [-0.05, 0) is 85.0 Å². The molecule has 0 saturated carbocycles. The lowest BCUT2D eigenvalue weighted by Crippen LogP contribution is -2.44. The van der Waals surface area contributed by atoms with E-state index >= 15 is 0 Å². The Morgan fingerprint density at radius 1 is 0.842 bits per heavy atom. The van der Waals surface area contributed by atoms with Crippen molar-refractivity contribution in [2.45, 2.75) is 44.1 Å². The van der Waals surface area contributed by atoms with Crippen LogP contribution in [0.15, 0.2) is 108 Å². The zero-order valence-corrected chi connectivity index (χ0v) is 23.0. The number of anilines is 1. The first kappa shape index (κ1) is 27.4. The van der Waals surface area contributed by atoms with Crippen LogP contribution in [-0.4, -0.2) is 20.4 Å². The van der Waals surface area contributed by atoms with E-state index in [0.29, 0.717) is 10.8 Å². The van der Waals surface area contributed by atoms with Crippen molar-refractivity contribution in [3.05, 3.63) is 114 Å². The van der Waals surface area contributed by atoms with Gasteiger partial charge in [-0.2, -0.15) is 4.31 Å². The molecule has 7 heteroatoms. The van der Waals surface area contributed by atoms with Crippen molar-refractivity contribution in [1.82, 2.24) is 0 Å². The lowest BCUT2D eigenvalue weighted by molar-refractivity contribution is -0.123. The van der Waals surface area contributed by atoms with E-state index in [1.165, 1.54) is 24.3 Å². The lowest BCUT2D eigenvalue weighted by Gasteiger charge is -2.26. The molecular weight excluding hydrogens is 518 g/mol. The lowest BCUT2D eigenvalue weighted by atomic mass is 10.1. The maximum atomic E-state index is 13.7. The number of halogens is 1. The Bertz CT molecular complexity index is 1450. The third-order valence-electron chi connectivity index (χ3n) is 6.16. The number of unbranched alkanes of at least 4 members (excludes halogenated alkanes) is 1. The Balaban J connectivity index is 1.62. The van der Waals surface area contributed by atoms with Crippen LogP contribution in [0.4, 0.5) is 5.69 Å². The molecule has 0 bridgehead atoms. The average Bonchev–Trinajstić information content (AvgIpc) is 2.93. The monoisotopic (exact) mass is 547 g/mol. The van der Waals surface area contributed by atoms with Crippen LogP contribution in [0.3, 0.4) is 0 Å². The largest absolute Gasteiger partial charge is 0.481 e. The third kappa shape index (κ3) is 6.44. The first-order valence-electron chi connectivity index (χ1n) is 12.6. The first-order chi connectivity index (χ1) is 18.3. The van der Waals surface area contributed by atoms with E-state index < -0.39 is 22.0 Å². The summed E-state index contributed by atoms with van der Waals surface area (Å²) in [7, 11) is -4.23. The Labute approximate surface area is 229 Å². The van der Waals surface area contributed by atoms with E-state index in [1.807, 2.05) is 54.6 Å². The quantitative estimate of drug-likeness (QED) is 0.206. The average molecular weight is 548 g/mol. The van der Waals surface area contributed by atoms with Crippen LogP contribution in [0, 0.1) is 0 Å². The molecular formula is C31H30ClNO4S. The van der Waals surface area contributed by atoms with Gasteiger partial charge in [0.1, 0.15) is 5.75 Å². The van der Waals surface area contributed by atoms with Crippen molar-refractivity contribution in [2.24, 2.45) is 0 Å². The highest BCUT2D eigenvalue weighted by Crippen LogP contribution is 2.28. The second-order valence-corrected chi connectivity index (χ2v) is 11.2. The van der Waals surface area contributed by atoms with Gasteiger partial charge in [0.05, 0.1) is 10.6 Å². The maximum absolute atomic E-state index is 13.7. The van der Waals surface area contributed by atoms with Crippen LogP contribution in [0.25, 0.3) is 11.1 Å². The number of carbonyl (C=O) groups excluding carboxylic acids is 1. The summed E-state index contributed by atoms with van der Waals surface area (Å²) in [4.78, 5) is 13.6. The van der Waals surface area contributed by atoms with Gasteiger partial charge >= 0.3 is 0 Å². The molecule has 0 aliphatic carbocycles. The molecule has 38 heavy (non-hydrogen) atoms. The van der Waals surface area contributed by atoms with E-state index in [1.54, 1.807) is 31.2 Å². The van der Waals surface area contributed by atoms with Gasteiger partial charge in [-0.1, -0.05) is 79.5 Å². The predicted octanol–water partition coefficient (Wildman–Crippen LogP) is 7.54. The van der Waals surface area contributed by atoms with Crippen LogP contribution >= 0.6 is 11.6 Å². The number of sulfonamides is 1. The number of rotatable bonds is 10. The minimum Gasteiger partial charge on any atom is -0.481 e. The molecule has 1 unspecified atom stereocenters. The molecule has 196 valence electrons. The van der Waals surface area contributed by atoms with Crippen LogP contribution in [0.5, 0.6) is 5.75 Å². The van der Waals surface area contributed by atoms with Crippen molar-refractivity contribution >= 4 is 33.2 Å². The molecule has 0 fully saturated rings. The molecule has 0 aliphatic heterocycles. The molecule has 0 aliphatic rings. The maximum Gasteiger partial charge on any atom is 0.281 e. The van der Waals surface area contributed by atoms with Gasteiger partial charge in [0, 0.05) is 5.02 Å². The van der Waals surface area contributed by atoms with Gasteiger partial charge in [-0.25, -0.2) is 8.42 Å². The number of hydrogen-bond acceptors (Lipinski definition) is 4. The molecule has 0 aromatic heterocycles. The number of benzene rings is 4. The first-order valence-corrected chi connectivity index (χ1v) is 14.4. The van der Waals surface area contributed by atoms with Crippen molar-refractivity contribution in [2.75, 3.05) is 4.31 Å². The second-order valence-electron chi connectivity index (χ2n) is 8.98. The fourth-order valence-corrected chi connectivity index (χ4v) is 5.65. The number of hydrogen-bond donors (Lipinski definition) is 0. The fraction of sp³-hybridized carbons (Fsp3) is 0.194. The Hall–Kier alpha value is -3.61. The van der Waals surface area contributed by atoms with Crippen molar-refractivity contribution in [1.29, 1.82) is 0 Å². The molecule has 0 radical (unpaired) electrons. The summed E-state index contributed by atoms with van der Waals surface area (Å²) in [6, 6.07) is 30.0. The van der Waals surface area contributed by atoms with Gasteiger partial charge in [0.25, 0.3) is 15.9 Å². The van der Waals surface area contributed by atoms with Crippen LogP contribution in [-0.2, 0) is 21.2 Å². The Kier molecular flexibility index (Phi) is 8.87. The summed E-state index contributed by atoms with van der Waals surface area (Å²) in [5.41, 5.74) is 3.40. The number of ether oxygens (including phenoxy) is 1. The fourth-order valence-electron chi connectivity index (χ4n) is 4.05. The zero-order valence-electron chi connectivity index (χ0n) is 21.4. The van der Waals surface area contributed by atoms with Crippen molar-refractivity contribution < 1.29 is 17.9 Å². The Morgan fingerprint density at radius 3 is 2.05 bits per heavy atom. The number of amides is 1.